The molecule has 4 nitrogen and oxygen atoms in total. The lowest BCUT2D eigenvalue weighted by molar-refractivity contribution is -0.137. The van der Waals surface area contributed by atoms with Crippen LogP contribution in [0.15, 0.2) is 24.5 Å². The number of hydrogen-bond acceptors (Lipinski definition) is 3. The van der Waals surface area contributed by atoms with E-state index in [1.807, 2.05) is 11.6 Å². The van der Waals surface area contributed by atoms with Crippen LogP contribution >= 0.6 is 11.6 Å². The maximum atomic E-state index is 12.9. The Labute approximate surface area is 136 Å². The first-order valence-electron chi connectivity index (χ1n) is 7.29. The minimum atomic E-state index is -4.40. The maximum Gasteiger partial charge on any atom is 0.416 e. The fourth-order valence-electron chi connectivity index (χ4n) is 3.04. The number of aryl methyl sites for hydroxylation is 1. The van der Waals surface area contributed by atoms with Crippen molar-refractivity contribution in [1.29, 1.82) is 0 Å². The minimum absolute atomic E-state index is 0.0656. The van der Waals surface area contributed by atoms with Gasteiger partial charge in [-0.3, -0.25) is 4.90 Å². The van der Waals surface area contributed by atoms with E-state index < -0.39 is 11.7 Å². The van der Waals surface area contributed by atoms with Crippen molar-refractivity contribution in [2.75, 3.05) is 6.54 Å². The van der Waals surface area contributed by atoms with Gasteiger partial charge in [-0.1, -0.05) is 11.6 Å². The first kappa shape index (κ1) is 16.3. The number of alkyl halides is 3. The monoisotopic (exact) mass is 344 g/mol. The molecule has 0 bridgehead atoms. The molecule has 8 heteroatoms. The van der Waals surface area contributed by atoms with Crippen molar-refractivity contribution in [3.8, 4) is 0 Å². The molecule has 0 N–H and O–H groups in total. The predicted octanol–water partition coefficient (Wildman–Crippen LogP) is 3.82. The predicted molar refractivity (Wildman–Crippen MR) is 79.8 cm³/mol. The Morgan fingerprint density at radius 2 is 2.09 bits per heavy atom. The molecule has 3 rings (SSSR count). The standard InChI is InChI=1S/C15H16ClF3N4/c1-22-9-20-21-14(22)13-3-2-4-23(13)8-10-5-11(15(17,18)19)7-12(16)6-10/h5-7,9,13H,2-4,8H2,1H3/t13-/m0/s1. The zero-order valence-electron chi connectivity index (χ0n) is 12.5. The van der Waals surface area contributed by atoms with E-state index in [1.54, 1.807) is 12.4 Å². The third kappa shape index (κ3) is 3.50. The van der Waals surface area contributed by atoms with Gasteiger partial charge in [-0.2, -0.15) is 13.2 Å². The van der Waals surface area contributed by atoms with Gasteiger partial charge in [0, 0.05) is 18.6 Å². The molecule has 0 unspecified atom stereocenters. The number of hydrogen-bond donors (Lipinski definition) is 0. The van der Waals surface area contributed by atoms with Crippen LogP contribution in [0.4, 0.5) is 13.2 Å². The largest absolute Gasteiger partial charge is 0.416 e. The van der Waals surface area contributed by atoms with Gasteiger partial charge in [0.1, 0.15) is 12.2 Å². The van der Waals surface area contributed by atoms with Crippen LogP contribution in [0.5, 0.6) is 0 Å². The molecule has 0 radical (unpaired) electrons. The van der Waals surface area contributed by atoms with Gasteiger partial charge in [0.25, 0.3) is 0 Å². The molecule has 1 aromatic carbocycles. The van der Waals surface area contributed by atoms with E-state index in [9.17, 15) is 13.2 Å². The summed E-state index contributed by atoms with van der Waals surface area (Å²) < 4.78 is 40.6. The lowest BCUT2D eigenvalue weighted by Gasteiger charge is -2.24. The molecule has 2 aromatic rings. The van der Waals surface area contributed by atoms with Crippen LogP contribution in [0.2, 0.25) is 5.02 Å². The minimum Gasteiger partial charge on any atom is -0.319 e. The van der Waals surface area contributed by atoms with Crippen molar-refractivity contribution in [2.45, 2.75) is 31.6 Å². The summed E-state index contributed by atoms with van der Waals surface area (Å²) in [5.74, 6) is 0.834. The van der Waals surface area contributed by atoms with Gasteiger partial charge in [-0.25, -0.2) is 0 Å². The van der Waals surface area contributed by atoms with E-state index in [4.69, 9.17) is 11.6 Å². The van der Waals surface area contributed by atoms with Crippen LogP contribution in [-0.4, -0.2) is 26.2 Å². The molecule has 0 spiro atoms. The summed E-state index contributed by atoms with van der Waals surface area (Å²) >= 11 is 5.86. The molecular formula is C15H16ClF3N4. The first-order chi connectivity index (χ1) is 10.8. The number of halogens is 4. The summed E-state index contributed by atoms with van der Waals surface area (Å²) in [6.07, 6.45) is -0.871. The summed E-state index contributed by atoms with van der Waals surface area (Å²) in [5.41, 5.74) is -0.159. The van der Waals surface area contributed by atoms with E-state index in [2.05, 4.69) is 15.1 Å². The molecule has 1 fully saturated rings. The summed E-state index contributed by atoms with van der Waals surface area (Å²) in [6, 6.07) is 3.77. The quantitative estimate of drug-likeness (QED) is 0.848. The van der Waals surface area contributed by atoms with Crippen molar-refractivity contribution >= 4 is 11.6 Å². The highest BCUT2D eigenvalue weighted by Gasteiger charge is 2.33. The van der Waals surface area contributed by atoms with Crippen molar-refractivity contribution < 1.29 is 13.2 Å². The molecule has 1 saturated heterocycles. The zero-order chi connectivity index (χ0) is 16.6. The molecular weight excluding hydrogens is 329 g/mol. The molecule has 124 valence electrons. The van der Waals surface area contributed by atoms with Gasteiger partial charge in [0.05, 0.1) is 11.6 Å². The van der Waals surface area contributed by atoms with Crippen LogP contribution in [0, 0.1) is 0 Å². The number of nitrogens with zero attached hydrogens (tertiary/aromatic N) is 4. The third-order valence-electron chi connectivity index (χ3n) is 4.08. The van der Waals surface area contributed by atoms with E-state index >= 15 is 0 Å². The van der Waals surface area contributed by atoms with Crippen LogP contribution in [0.25, 0.3) is 0 Å². The fourth-order valence-corrected chi connectivity index (χ4v) is 3.30. The highest BCUT2D eigenvalue weighted by molar-refractivity contribution is 6.30. The van der Waals surface area contributed by atoms with Gasteiger partial charge in [-0.15, -0.1) is 10.2 Å². The molecule has 1 aliphatic heterocycles. The fraction of sp³-hybridized carbons (Fsp3) is 0.467. The van der Waals surface area contributed by atoms with Crippen LogP contribution in [0.3, 0.4) is 0 Å². The highest BCUT2D eigenvalue weighted by atomic mass is 35.5. The average Bonchev–Trinajstić information content (AvgIpc) is 3.05. The van der Waals surface area contributed by atoms with Crippen molar-refractivity contribution in [3.63, 3.8) is 0 Å². The highest BCUT2D eigenvalue weighted by Crippen LogP contribution is 2.35. The topological polar surface area (TPSA) is 34.0 Å². The number of aromatic nitrogens is 3. The molecule has 1 aliphatic rings. The molecule has 23 heavy (non-hydrogen) atoms. The summed E-state index contributed by atoms with van der Waals surface area (Å²) in [4.78, 5) is 2.12. The molecule has 1 aromatic heterocycles. The van der Waals surface area contributed by atoms with Crippen molar-refractivity contribution in [3.05, 3.63) is 46.5 Å². The number of rotatable bonds is 3. The van der Waals surface area contributed by atoms with E-state index in [0.29, 0.717) is 12.1 Å². The summed E-state index contributed by atoms with van der Waals surface area (Å²) in [5, 5.41) is 8.12. The zero-order valence-corrected chi connectivity index (χ0v) is 13.3. The number of benzene rings is 1. The Morgan fingerprint density at radius 1 is 1.30 bits per heavy atom. The van der Waals surface area contributed by atoms with E-state index in [-0.39, 0.29) is 11.1 Å². The normalized spacial score (nSPS) is 19.4. The van der Waals surface area contributed by atoms with E-state index in [0.717, 1.165) is 37.3 Å². The van der Waals surface area contributed by atoms with Crippen LogP contribution in [-0.2, 0) is 19.8 Å². The Kier molecular flexibility index (Phi) is 4.33. The third-order valence-corrected chi connectivity index (χ3v) is 4.30. The van der Waals surface area contributed by atoms with Crippen molar-refractivity contribution in [1.82, 2.24) is 19.7 Å². The Bertz CT molecular complexity index is 698. The molecule has 0 saturated carbocycles. The molecule has 0 aliphatic carbocycles. The lowest BCUT2D eigenvalue weighted by atomic mass is 10.1. The van der Waals surface area contributed by atoms with E-state index in [1.165, 1.54) is 0 Å². The summed E-state index contributed by atoms with van der Waals surface area (Å²) in [6.45, 7) is 1.21. The lowest BCUT2D eigenvalue weighted by Crippen LogP contribution is -2.25. The molecule has 0 amide bonds. The smallest absolute Gasteiger partial charge is 0.319 e. The van der Waals surface area contributed by atoms with Gasteiger partial charge in [-0.05, 0) is 43.1 Å². The molecule has 1 atom stereocenters. The SMILES string of the molecule is Cn1cnnc1[C@@H]1CCCN1Cc1cc(Cl)cc(C(F)(F)F)c1. The maximum absolute atomic E-state index is 12.9. The Hall–Kier alpha value is -1.60. The number of likely N-dealkylation sites (tertiary alicyclic amines) is 1. The Morgan fingerprint density at radius 3 is 2.74 bits per heavy atom. The van der Waals surface area contributed by atoms with Crippen LogP contribution in [0.1, 0.15) is 35.8 Å². The van der Waals surface area contributed by atoms with Crippen molar-refractivity contribution in [2.24, 2.45) is 7.05 Å². The summed E-state index contributed by atoms with van der Waals surface area (Å²) in [7, 11) is 1.87. The van der Waals surface area contributed by atoms with Gasteiger partial charge >= 0.3 is 6.18 Å². The Balaban J connectivity index is 1.84. The second-order valence-corrected chi connectivity index (χ2v) is 6.21. The average molecular weight is 345 g/mol. The second-order valence-electron chi connectivity index (χ2n) is 5.77. The van der Waals surface area contributed by atoms with Gasteiger partial charge < -0.3 is 4.57 Å². The molecule has 2 heterocycles. The van der Waals surface area contributed by atoms with Gasteiger partial charge in [0.15, 0.2) is 0 Å². The second kappa shape index (κ2) is 6.13. The first-order valence-corrected chi connectivity index (χ1v) is 7.67. The van der Waals surface area contributed by atoms with Crippen LogP contribution < -0.4 is 0 Å². The van der Waals surface area contributed by atoms with Gasteiger partial charge in [0.2, 0.25) is 0 Å².